The van der Waals surface area contributed by atoms with E-state index < -0.39 is 6.43 Å². The summed E-state index contributed by atoms with van der Waals surface area (Å²) in [5.74, 6) is -0.146. The molecule has 4 rings (SSSR count). The molecule has 8 heteroatoms. The Labute approximate surface area is 131 Å². The first kappa shape index (κ1) is 14.5. The molecule has 2 aliphatic heterocycles. The first-order chi connectivity index (χ1) is 11.1. The molecule has 0 aliphatic carbocycles. The minimum absolute atomic E-state index is 0.146. The van der Waals surface area contributed by atoms with Gasteiger partial charge in [0.05, 0.1) is 30.1 Å². The lowest BCUT2D eigenvalue weighted by atomic mass is 9.96. The Kier molecular flexibility index (Phi) is 3.31. The summed E-state index contributed by atoms with van der Waals surface area (Å²) < 4.78 is 33.9. The molecule has 0 amide bonds. The highest BCUT2D eigenvalue weighted by Crippen LogP contribution is 2.37. The lowest BCUT2D eigenvalue weighted by Crippen LogP contribution is -2.40. The van der Waals surface area contributed by atoms with Crippen molar-refractivity contribution < 1.29 is 13.5 Å². The fraction of sp³-hybridized carbons (Fsp3) is 0.467. The summed E-state index contributed by atoms with van der Waals surface area (Å²) in [7, 11) is 0. The normalized spacial score (nSPS) is 23.6. The number of ether oxygens (including phenoxy) is 1. The van der Waals surface area contributed by atoms with Crippen molar-refractivity contribution in [1.29, 1.82) is 0 Å². The lowest BCUT2D eigenvalue weighted by molar-refractivity contribution is -0.0657. The molecule has 0 unspecified atom stereocenters. The standard InChI is InChI=1S/C15H17F2N5O/c16-13(17)10-5-9(7-20-14(10)18)11-6-12-15(1-2-19-8-15)23-4-3-22(12)21-11/h5-7,13,19H,1-4,8H2,(H2,18,20)/t15-/m1/s1. The highest BCUT2D eigenvalue weighted by atomic mass is 19.3. The van der Waals surface area contributed by atoms with Crippen molar-refractivity contribution in [3.63, 3.8) is 0 Å². The van der Waals surface area contributed by atoms with Crippen LogP contribution in [0, 0.1) is 0 Å². The van der Waals surface area contributed by atoms with Crippen LogP contribution >= 0.6 is 0 Å². The molecule has 3 N–H and O–H groups in total. The molecular weight excluding hydrogens is 304 g/mol. The van der Waals surface area contributed by atoms with Gasteiger partial charge in [-0.05, 0) is 25.1 Å². The van der Waals surface area contributed by atoms with E-state index in [4.69, 9.17) is 10.5 Å². The van der Waals surface area contributed by atoms with Gasteiger partial charge in [-0.25, -0.2) is 13.8 Å². The number of alkyl halides is 2. The average molecular weight is 321 g/mol. The molecule has 2 aromatic heterocycles. The number of pyridine rings is 1. The number of halogens is 2. The van der Waals surface area contributed by atoms with Crippen LogP contribution in [0.25, 0.3) is 11.3 Å². The largest absolute Gasteiger partial charge is 0.383 e. The molecule has 0 aromatic carbocycles. The third-order valence-corrected chi connectivity index (χ3v) is 4.52. The van der Waals surface area contributed by atoms with Gasteiger partial charge in [0.15, 0.2) is 0 Å². The van der Waals surface area contributed by atoms with Crippen LogP contribution in [0.2, 0.25) is 0 Å². The number of nitrogens with one attached hydrogen (secondary N) is 1. The van der Waals surface area contributed by atoms with Crippen LogP contribution in [0.1, 0.15) is 24.1 Å². The Hall–Kier alpha value is -2.06. The SMILES string of the molecule is Nc1ncc(-c2cc3n(n2)CCO[C@@]32CCNC2)cc1C(F)F. The Bertz CT molecular complexity index is 739. The van der Waals surface area contributed by atoms with Gasteiger partial charge in [-0.3, -0.25) is 4.68 Å². The van der Waals surface area contributed by atoms with Crippen molar-refractivity contribution in [3.05, 3.63) is 29.6 Å². The van der Waals surface area contributed by atoms with Gasteiger partial charge in [-0.15, -0.1) is 0 Å². The maximum Gasteiger partial charge on any atom is 0.267 e. The maximum atomic E-state index is 13.0. The topological polar surface area (TPSA) is 78.0 Å². The molecule has 23 heavy (non-hydrogen) atoms. The van der Waals surface area contributed by atoms with Crippen LogP contribution in [0.4, 0.5) is 14.6 Å². The zero-order valence-corrected chi connectivity index (χ0v) is 12.4. The monoisotopic (exact) mass is 321 g/mol. The fourth-order valence-corrected chi connectivity index (χ4v) is 3.31. The predicted molar refractivity (Wildman–Crippen MR) is 79.9 cm³/mol. The van der Waals surface area contributed by atoms with Crippen LogP contribution < -0.4 is 11.1 Å². The highest BCUT2D eigenvalue weighted by Gasteiger charge is 2.42. The number of hydrogen-bond donors (Lipinski definition) is 2. The Morgan fingerprint density at radius 1 is 1.39 bits per heavy atom. The van der Waals surface area contributed by atoms with E-state index in [1.165, 1.54) is 12.3 Å². The number of nitrogens with zero attached hydrogens (tertiary/aromatic N) is 3. The van der Waals surface area contributed by atoms with E-state index in [0.29, 0.717) is 24.4 Å². The molecule has 122 valence electrons. The average Bonchev–Trinajstić information content (AvgIpc) is 3.16. The number of hydrogen-bond acceptors (Lipinski definition) is 5. The van der Waals surface area contributed by atoms with Gasteiger partial charge in [0.25, 0.3) is 6.43 Å². The van der Waals surface area contributed by atoms with Crippen molar-refractivity contribution in [3.8, 4) is 11.3 Å². The van der Waals surface area contributed by atoms with E-state index in [-0.39, 0.29) is 17.0 Å². The second-order valence-corrected chi connectivity index (χ2v) is 5.91. The van der Waals surface area contributed by atoms with Gasteiger partial charge < -0.3 is 15.8 Å². The molecule has 2 aromatic rings. The van der Waals surface area contributed by atoms with Crippen molar-refractivity contribution >= 4 is 5.82 Å². The number of nitrogen functional groups attached to an aromatic ring is 1. The first-order valence-electron chi connectivity index (χ1n) is 7.56. The molecule has 6 nitrogen and oxygen atoms in total. The Balaban J connectivity index is 1.77. The molecule has 0 bridgehead atoms. The molecule has 1 atom stereocenters. The highest BCUT2D eigenvalue weighted by molar-refractivity contribution is 5.62. The number of rotatable bonds is 2. The smallest absolute Gasteiger partial charge is 0.267 e. The van der Waals surface area contributed by atoms with E-state index in [1.807, 2.05) is 10.7 Å². The Morgan fingerprint density at radius 2 is 2.26 bits per heavy atom. The van der Waals surface area contributed by atoms with Crippen LogP contribution in [-0.4, -0.2) is 34.5 Å². The second kappa shape index (κ2) is 5.24. The molecule has 0 radical (unpaired) electrons. The summed E-state index contributed by atoms with van der Waals surface area (Å²) >= 11 is 0. The van der Waals surface area contributed by atoms with E-state index >= 15 is 0 Å². The van der Waals surface area contributed by atoms with Crippen molar-refractivity contribution in [2.75, 3.05) is 25.4 Å². The van der Waals surface area contributed by atoms with E-state index in [9.17, 15) is 8.78 Å². The van der Waals surface area contributed by atoms with Crippen LogP contribution in [-0.2, 0) is 16.9 Å². The lowest BCUT2D eigenvalue weighted by Gasteiger charge is -2.33. The van der Waals surface area contributed by atoms with E-state index in [0.717, 1.165) is 25.2 Å². The summed E-state index contributed by atoms with van der Waals surface area (Å²) in [4.78, 5) is 3.88. The molecule has 1 spiro atoms. The minimum atomic E-state index is -2.66. The number of anilines is 1. The van der Waals surface area contributed by atoms with Gasteiger partial charge in [-0.2, -0.15) is 5.10 Å². The molecule has 4 heterocycles. The zero-order chi connectivity index (χ0) is 16.0. The van der Waals surface area contributed by atoms with Gasteiger partial charge >= 0.3 is 0 Å². The van der Waals surface area contributed by atoms with Gasteiger partial charge in [0.2, 0.25) is 0 Å². The van der Waals surface area contributed by atoms with Crippen molar-refractivity contribution in [2.24, 2.45) is 0 Å². The van der Waals surface area contributed by atoms with Crippen molar-refractivity contribution in [2.45, 2.75) is 25.0 Å². The first-order valence-corrected chi connectivity index (χ1v) is 7.56. The van der Waals surface area contributed by atoms with Crippen LogP contribution in [0.5, 0.6) is 0 Å². The second-order valence-electron chi connectivity index (χ2n) is 5.91. The zero-order valence-electron chi connectivity index (χ0n) is 12.4. The molecule has 0 saturated carbocycles. The summed E-state index contributed by atoms with van der Waals surface area (Å²) in [5, 5.41) is 7.86. The van der Waals surface area contributed by atoms with Gasteiger partial charge in [-0.1, -0.05) is 0 Å². The van der Waals surface area contributed by atoms with E-state index in [2.05, 4.69) is 15.4 Å². The Morgan fingerprint density at radius 3 is 3.00 bits per heavy atom. The quantitative estimate of drug-likeness (QED) is 0.880. The molecule has 1 saturated heterocycles. The number of nitrogens with two attached hydrogens (primary N) is 1. The fourth-order valence-electron chi connectivity index (χ4n) is 3.31. The minimum Gasteiger partial charge on any atom is -0.383 e. The maximum absolute atomic E-state index is 13.0. The molecule has 1 fully saturated rings. The third-order valence-electron chi connectivity index (χ3n) is 4.52. The van der Waals surface area contributed by atoms with Gasteiger partial charge in [0.1, 0.15) is 11.4 Å². The molecular formula is C15H17F2N5O. The van der Waals surface area contributed by atoms with E-state index in [1.54, 1.807) is 0 Å². The molecule has 2 aliphatic rings. The summed E-state index contributed by atoms with van der Waals surface area (Å²) in [5.41, 5.74) is 7.03. The van der Waals surface area contributed by atoms with Crippen LogP contribution in [0.15, 0.2) is 18.3 Å². The van der Waals surface area contributed by atoms with Crippen LogP contribution in [0.3, 0.4) is 0 Å². The summed E-state index contributed by atoms with van der Waals surface area (Å²) in [6, 6.07) is 3.27. The summed E-state index contributed by atoms with van der Waals surface area (Å²) in [6.45, 7) is 2.87. The number of fused-ring (bicyclic) bond motifs is 2. The predicted octanol–water partition coefficient (Wildman–Crippen LogP) is 1.68. The van der Waals surface area contributed by atoms with Crippen molar-refractivity contribution in [1.82, 2.24) is 20.1 Å². The number of aromatic nitrogens is 3. The third kappa shape index (κ3) is 2.29. The summed E-state index contributed by atoms with van der Waals surface area (Å²) in [6.07, 6.45) is -0.301. The van der Waals surface area contributed by atoms with Gasteiger partial charge in [0, 0.05) is 18.3 Å².